The maximum atomic E-state index is 13.6. The molecule has 2 aromatic carbocycles. The second kappa shape index (κ2) is 25.8. The van der Waals surface area contributed by atoms with Crippen LogP contribution in [0.1, 0.15) is 90.3 Å². The number of rotatable bonds is 14. The van der Waals surface area contributed by atoms with E-state index in [4.69, 9.17) is 24.2 Å². The van der Waals surface area contributed by atoms with Gasteiger partial charge in [-0.15, -0.1) is 0 Å². The summed E-state index contributed by atoms with van der Waals surface area (Å²) in [7, 11) is 4.36. The minimum atomic E-state index is -0.680. The van der Waals surface area contributed by atoms with Gasteiger partial charge in [0.15, 0.2) is 0 Å². The Balaban J connectivity index is 0.000000619. The van der Waals surface area contributed by atoms with E-state index in [-0.39, 0.29) is 23.8 Å². The molecule has 62 heavy (non-hydrogen) atoms. The number of pyridine rings is 1. The molecule has 0 aliphatic carbocycles. The Morgan fingerprint density at radius 1 is 0.935 bits per heavy atom. The molecule has 5 heterocycles. The zero-order chi connectivity index (χ0) is 44.9. The van der Waals surface area contributed by atoms with Crippen LogP contribution in [0, 0.1) is 5.92 Å². The van der Waals surface area contributed by atoms with Crippen LogP contribution < -0.4 is 16.0 Å². The summed E-state index contributed by atoms with van der Waals surface area (Å²) in [5.74, 6) is 1.42. The molecule has 5 N–H and O–H groups in total. The number of alkyl carbamates (subject to hydrolysis) is 1. The van der Waals surface area contributed by atoms with E-state index >= 15 is 0 Å². The number of imidazole rings is 2. The van der Waals surface area contributed by atoms with Gasteiger partial charge >= 0.3 is 6.09 Å². The van der Waals surface area contributed by atoms with E-state index in [1.165, 1.54) is 33.5 Å². The van der Waals surface area contributed by atoms with Crippen molar-refractivity contribution < 1.29 is 33.4 Å². The minimum Gasteiger partial charge on any atom is -0.471 e. The number of aromatic nitrogens is 5. The highest BCUT2D eigenvalue weighted by atomic mass is 16.5. The van der Waals surface area contributed by atoms with E-state index in [9.17, 15) is 14.4 Å². The number of benzene rings is 2. The molecule has 7 rings (SSSR count). The number of aryl methyl sites for hydroxylation is 1. The van der Waals surface area contributed by atoms with E-state index in [2.05, 4.69) is 66.0 Å². The molecule has 2 atom stereocenters. The topological polar surface area (TPSA) is 206 Å². The average molecular weight is 856 g/mol. The highest BCUT2D eigenvalue weighted by Crippen LogP contribution is 2.34. The Labute approximate surface area is 364 Å². The van der Waals surface area contributed by atoms with Gasteiger partial charge in [0.2, 0.25) is 11.8 Å². The molecule has 16 heteroatoms. The van der Waals surface area contributed by atoms with Gasteiger partial charge in [0.05, 0.1) is 60.9 Å². The van der Waals surface area contributed by atoms with E-state index in [0.717, 1.165) is 101 Å². The first-order chi connectivity index (χ1) is 30.1. The number of carbonyl (C=O) groups is 4. The fourth-order valence-corrected chi connectivity index (χ4v) is 7.19. The Kier molecular flexibility index (Phi) is 20.3. The van der Waals surface area contributed by atoms with Crippen molar-refractivity contribution in [3.05, 3.63) is 66.4 Å². The first-order valence-electron chi connectivity index (χ1n) is 21.7. The summed E-state index contributed by atoms with van der Waals surface area (Å²) in [5, 5.41) is 9.47. The van der Waals surface area contributed by atoms with Crippen molar-refractivity contribution >= 4 is 46.3 Å². The van der Waals surface area contributed by atoms with Crippen molar-refractivity contribution in [1.82, 2.24) is 45.8 Å². The lowest BCUT2D eigenvalue weighted by Gasteiger charge is -2.29. The molecule has 2 aliphatic rings. The van der Waals surface area contributed by atoms with E-state index < -0.39 is 12.1 Å². The fraction of sp³-hybridized carbons (Fsp3) is 0.500. The van der Waals surface area contributed by atoms with Crippen molar-refractivity contribution in [3.8, 4) is 22.5 Å². The number of hydrogen-bond acceptors (Lipinski definition) is 11. The third kappa shape index (κ3) is 14.1. The number of likely N-dealkylation sites (tertiary alicyclic amines) is 1. The minimum absolute atomic E-state index is 0.00538. The van der Waals surface area contributed by atoms with Gasteiger partial charge in [0.25, 0.3) is 6.47 Å². The van der Waals surface area contributed by atoms with Gasteiger partial charge in [-0.05, 0) is 99.4 Å². The van der Waals surface area contributed by atoms with Gasteiger partial charge in [0.1, 0.15) is 17.7 Å². The molecular formula is C46H65N9O7. The highest BCUT2D eigenvalue weighted by Gasteiger charge is 2.37. The van der Waals surface area contributed by atoms with Crippen molar-refractivity contribution in [2.45, 2.75) is 91.1 Å². The SMILES string of the molecule is C1CCOCC1.CC.CNCC(=O)NCCCCc1ncc(-c2ccc3cc(-c4ccc5nc(C6CCCN6C(=O)C(NC(=O)OC)C(C)C)[nH]c5c4)ccc3n2)[nH]1.COC=O. The number of ether oxygens (including phenoxy) is 3. The number of methoxy groups -OCH3 is 2. The zero-order valence-electron chi connectivity index (χ0n) is 37.3. The number of hydrogen-bond donors (Lipinski definition) is 5. The molecule has 5 aromatic rings. The van der Waals surface area contributed by atoms with Crippen LogP contribution in [0.4, 0.5) is 4.79 Å². The summed E-state index contributed by atoms with van der Waals surface area (Å²) < 4.78 is 13.7. The number of nitrogens with zero attached hydrogens (tertiary/aromatic N) is 4. The molecule has 0 radical (unpaired) electrons. The quantitative estimate of drug-likeness (QED) is 0.0576. The number of amides is 3. The maximum Gasteiger partial charge on any atom is 0.407 e. The highest BCUT2D eigenvalue weighted by molar-refractivity contribution is 5.89. The average Bonchev–Trinajstić information content (AvgIpc) is 4.09. The number of unbranched alkanes of at least 4 members (excludes halogenated alkanes) is 1. The Morgan fingerprint density at radius 2 is 1.66 bits per heavy atom. The largest absolute Gasteiger partial charge is 0.471 e. The molecule has 0 spiro atoms. The molecule has 0 saturated carbocycles. The lowest BCUT2D eigenvalue weighted by Crippen LogP contribution is -2.51. The molecular weight excluding hydrogens is 791 g/mol. The monoisotopic (exact) mass is 856 g/mol. The van der Waals surface area contributed by atoms with Crippen LogP contribution in [0.15, 0.2) is 54.7 Å². The Bertz CT molecular complexity index is 2150. The summed E-state index contributed by atoms with van der Waals surface area (Å²) in [6.07, 6.45) is 9.38. The number of H-pyrrole nitrogens is 2. The number of aromatic amines is 2. The fourth-order valence-electron chi connectivity index (χ4n) is 7.19. The Morgan fingerprint density at radius 3 is 2.31 bits per heavy atom. The maximum absolute atomic E-state index is 13.6. The summed E-state index contributed by atoms with van der Waals surface area (Å²) in [4.78, 5) is 69.1. The summed E-state index contributed by atoms with van der Waals surface area (Å²) >= 11 is 0. The van der Waals surface area contributed by atoms with Crippen LogP contribution in [0.5, 0.6) is 0 Å². The predicted molar refractivity (Wildman–Crippen MR) is 241 cm³/mol. The Hall–Kier alpha value is -5.87. The van der Waals surface area contributed by atoms with Crippen molar-refractivity contribution in [3.63, 3.8) is 0 Å². The van der Waals surface area contributed by atoms with Crippen LogP contribution in [0.2, 0.25) is 0 Å². The molecule has 16 nitrogen and oxygen atoms in total. The van der Waals surface area contributed by atoms with Crippen LogP contribution in [0.25, 0.3) is 44.5 Å². The van der Waals surface area contributed by atoms with E-state index in [1.54, 1.807) is 7.05 Å². The molecule has 2 fully saturated rings. The van der Waals surface area contributed by atoms with Crippen LogP contribution in [0.3, 0.4) is 0 Å². The van der Waals surface area contributed by atoms with Crippen LogP contribution in [-0.4, -0.2) is 114 Å². The third-order valence-corrected chi connectivity index (χ3v) is 10.3. The molecule has 2 aliphatic heterocycles. The number of carbonyl (C=O) groups excluding carboxylic acids is 4. The first kappa shape index (κ1) is 48.8. The summed E-state index contributed by atoms with van der Waals surface area (Å²) in [6, 6.07) is 15.6. The standard InChI is InChI=1S/C37H45N9O4.C5H10O.C2H4O2.C2H6/c1-22(2)34(45-37(49)50-4)36(48)46-17-7-8-31(46)35-43-27-14-11-24(19-29(27)44-35)23-10-13-26-25(18-23)12-15-28(41-26)30-20-40-32(42-30)9-5-6-16-39-33(47)21-38-3;1-2-4-6-5-3-1;1-4-2-3;1-2/h10-15,18-20,22,31,34,38H,5-9,16-17,21H2,1-4H3,(H,39,47)(H,40,42)(H,43,44)(H,45,49);1-5H2;2H,1H3;1-2H3. The van der Waals surface area contributed by atoms with Gasteiger partial charge < -0.3 is 45.0 Å². The van der Waals surface area contributed by atoms with Gasteiger partial charge in [-0.25, -0.2) is 19.7 Å². The van der Waals surface area contributed by atoms with E-state index in [0.29, 0.717) is 26.1 Å². The third-order valence-electron chi connectivity index (χ3n) is 10.3. The van der Waals surface area contributed by atoms with Crippen molar-refractivity contribution in [2.75, 3.05) is 54.1 Å². The van der Waals surface area contributed by atoms with Crippen LogP contribution in [-0.2, 0) is 35.0 Å². The van der Waals surface area contributed by atoms with Crippen LogP contribution >= 0.6 is 0 Å². The smallest absolute Gasteiger partial charge is 0.407 e. The summed E-state index contributed by atoms with van der Waals surface area (Å²) in [6.45, 7) is 11.8. The first-order valence-corrected chi connectivity index (χ1v) is 21.7. The lowest BCUT2D eigenvalue weighted by atomic mass is 10.0. The molecule has 3 amide bonds. The number of likely N-dealkylation sites (N-methyl/N-ethyl adjacent to an activating group) is 1. The molecule has 0 bridgehead atoms. The van der Waals surface area contributed by atoms with Gasteiger partial charge in [-0.1, -0.05) is 45.9 Å². The lowest BCUT2D eigenvalue weighted by molar-refractivity contribution is -0.135. The zero-order valence-corrected chi connectivity index (χ0v) is 37.3. The van der Waals surface area contributed by atoms with Crippen molar-refractivity contribution in [1.29, 1.82) is 0 Å². The normalized spacial score (nSPS) is 15.0. The second-order valence-electron chi connectivity index (χ2n) is 15.1. The van der Waals surface area contributed by atoms with Crippen molar-refractivity contribution in [2.24, 2.45) is 5.92 Å². The predicted octanol–water partition coefficient (Wildman–Crippen LogP) is 6.87. The van der Waals surface area contributed by atoms with Gasteiger partial charge in [-0.2, -0.15) is 0 Å². The molecule has 2 unspecified atom stereocenters. The van der Waals surface area contributed by atoms with Gasteiger partial charge in [0, 0.05) is 38.1 Å². The van der Waals surface area contributed by atoms with E-state index in [1.807, 2.05) is 57.0 Å². The number of nitrogens with one attached hydrogen (secondary N) is 5. The second-order valence-corrected chi connectivity index (χ2v) is 15.1. The van der Waals surface area contributed by atoms with Gasteiger partial charge in [-0.3, -0.25) is 14.4 Å². The number of fused-ring (bicyclic) bond motifs is 2. The molecule has 3 aromatic heterocycles. The molecule has 2 saturated heterocycles. The summed E-state index contributed by atoms with van der Waals surface area (Å²) in [5.41, 5.74) is 6.41. The molecule has 336 valence electrons.